The van der Waals surface area contributed by atoms with Crippen LogP contribution in [0.3, 0.4) is 0 Å². The molecule has 1 aromatic rings. The van der Waals surface area contributed by atoms with Gasteiger partial charge in [-0.15, -0.1) is 0 Å². The van der Waals surface area contributed by atoms with Crippen LogP contribution in [0.15, 0.2) is 33.2 Å². The van der Waals surface area contributed by atoms with Gasteiger partial charge in [0.25, 0.3) is 10.0 Å². The van der Waals surface area contributed by atoms with Gasteiger partial charge in [-0.3, -0.25) is 4.99 Å². The first kappa shape index (κ1) is 19.0. The zero-order valence-corrected chi connectivity index (χ0v) is 16.5. The quantitative estimate of drug-likeness (QED) is 0.624. The number of nitrogens with zero attached hydrogens (tertiary/aromatic N) is 3. The van der Waals surface area contributed by atoms with Crippen LogP contribution < -0.4 is 9.46 Å². The van der Waals surface area contributed by atoms with Crippen molar-refractivity contribution in [2.24, 2.45) is 15.5 Å². The lowest BCUT2D eigenvalue weighted by Crippen LogP contribution is -2.43. The van der Waals surface area contributed by atoms with E-state index in [0.717, 1.165) is 12.8 Å². The average molecular weight is 399 g/mol. The van der Waals surface area contributed by atoms with Gasteiger partial charge in [0.1, 0.15) is 5.75 Å². The number of halogens is 1. The van der Waals surface area contributed by atoms with E-state index < -0.39 is 10.0 Å². The van der Waals surface area contributed by atoms with Gasteiger partial charge in [0, 0.05) is 29.3 Å². The van der Waals surface area contributed by atoms with Crippen LogP contribution in [0, 0.1) is 5.41 Å². The number of hydrazone groups is 1. The summed E-state index contributed by atoms with van der Waals surface area (Å²) in [5.74, 6) is 0.599. The molecule has 1 aromatic carbocycles. The molecular weight excluding hydrogens is 376 g/mol. The third-order valence-electron chi connectivity index (χ3n) is 4.70. The summed E-state index contributed by atoms with van der Waals surface area (Å²) in [5.41, 5.74) is 0.0409. The summed E-state index contributed by atoms with van der Waals surface area (Å²) >= 11 is 6.01. The van der Waals surface area contributed by atoms with Crippen molar-refractivity contribution in [1.82, 2.24) is 9.73 Å². The molecule has 0 bridgehead atoms. The van der Waals surface area contributed by atoms with Gasteiger partial charge in [-0.25, -0.2) is 18.1 Å². The third-order valence-corrected chi connectivity index (χ3v) is 6.23. The Kier molecular flexibility index (Phi) is 5.43. The summed E-state index contributed by atoms with van der Waals surface area (Å²) in [6, 6.07) is 4.35. The second-order valence-electron chi connectivity index (χ2n) is 6.60. The molecule has 142 valence electrons. The number of guanidine groups is 1. The van der Waals surface area contributed by atoms with Gasteiger partial charge in [0.05, 0.1) is 18.6 Å². The highest BCUT2D eigenvalue weighted by Gasteiger charge is 2.39. The fraction of sp³-hybridized carbons (Fsp3) is 0.529. The minimum absolute atomic E-state index is 0.0180. The van der Waals surface area contributed by atoms with Gasteiger partial charge in [0.2, 0.25) is 5.96 Å². The van der Waals surface area contributed by atoms with Crippen molar-refractivity contribution in [3.05, 3.63) is 23.2 Å². The zero-order valence-electron chi connectivity index (χ0n) is 14.9. The summed E-state index contributed by atoms with van der Waals surface area (Å²) in [5, 5.41) is 6.35. The van der Waals surface area contributed by atoms with E-state index in [-0.39, 0.29) is 21.3 Å². The van der Waals surface area contributed by atoms with Crippen LogP contribution >= 0.6 is 11.6 Å². The molecule has 1 saturated carbocycles. The van der Waals surface area contributed by atoms with Gasteiger partial charge >= 0.3 is 0 Å². The van der Waals surface area contributed by atoms with E-state index in [2.05, 4.69) is 14.8 Å². The number of nitrogens with one attached hydrogen (secondary N) is 1. The Hall–Kier alpha value is -1.80. The molecule has 1 spiro atoms. The van der Waals surface area contributed by atoms with Crippen LogP contribution in [0.4, 0.5) is 0 Å². The second-order valence-corrected chi connectivity index (χ2v) is 8.72. The van der Waals surface area contributed by atoms with E-state index in [9.17, 15) is 8.42 Å². The number of sulfonamides is 1. The van der Waals surface area contributed by atoms with Crippen molar-refractivity contribution in [2.45, 2.75) is 37.5 Å². The highest BCUT2D eigenvalue weighted by Crippen LogP contribution is 2.40. The first-order valence-corrected chi connectivity index (χ1v) is 10.5. The molecule has 0 atom stereocenters. The molecule has 3 rings (SSSR count). The number of benzene rings is 1. The predicted molar refractivity (Wildman–Crippen MR) is 102 cm³/mol. The van der Waals surface area contributed by atoms with Crippen molar-refractivity contribution in [2.75, 3.05) is 20.2 Å². The summed E-state index contributed by atoms with van der Waals surface area (Å²) in [6.07, 6.45) is 6.44. The Morgan fingerprint density at radius 2 is 2.12 bits per heavy atom. The number of rotatable bonds is 4. The van der Waals surface area contributed by atoms with E-state index >= 15 is 0 Å². The lowest BCUT2D eigenvalue weighted by atomic mass is 9.88. The maximum Gasteiger partial charge on any atom is 0.264 e. The van der Waals surface area contributed by atoms with Gasteiger partial charge in [-0.1, -0.05) is 24.4 Å². The molecule has 26 heavy (non-hydrogen) atoms. The molecule has 1 fully saturated rings. The summed E-state index contributed by atoms with van der Waals surface area (Å²) in [7, 11) is -2.41. The van der Waals surface area contributed by atoms with Gasteiger partial charge in [-0.05, 0) is 31.9 Å². The molecule has 1 N–H and O–H groups in total. The SMILES string of the molecule is CCN=C(NS(=O)(=O)c1cc(Cl)cc(OC)c1)N1CC2(C=N1)CCCC2. The van der Waals surface area contributed by atoms with Gasteiger partial charge in [-0.2, -0.15) is 5.10 Å². The molecule has 1 heterocycles. The number of ether oxygens (including phenoxy) is 1. The molecule has 1 aliphatic carbocycles. The predicted octanol–water partition coefficient (Wildman–Crippen LogP) is 2.86. The maximum absolute atomic E-state index is 12.8. The van der Waals surface area contributed by atoms with Crippen LogP contribution in [0.5, 0.6) is 5.75 Å². The average Bonchev–Trinajstić information content (AvgIpc) is 3.24. The standard InChI is InChI=1S/C17H23ClN4O3S/c1-3-19-16(22-12-17(11-20-22)6-4-5-7-17)21-26(23,24)15-9-13(18)8-14(10-15)25-2/h8-11H,3-7,12H2,1-2H3,(H,19,21). The Balaban J connectivity index is 1.83. The van der Waals surface area contributed by atoms with E-state index in [1.54, 1.807) is 11.1 Å². The van der Waals surface area contributed by atoms with E-state index in [1.807, 2.05) is 13.1 Å². The number of hydrogen-bond acceptors (Lipinski definition) is 5. The van der Waals surface area contributed by atoms with Crippen LogP contribution in [-0.2, 0) is 10.0 Å². The van der Waals surface area contributed by atoms with Crippen LogP contribution in [0.25, 0.3) is 0 Å². The lowest BCUT2D eigenvalue weighted by molar-refractivity contribution is 0.342. The van der Waals surface area contributed by atoms with Crippen molar-refractivity contribution in [3.63, 3.8) is 0 Å². The van der Waals surface area contributed by atoms with Crippen LogP contribution in [0.1, 0.15) is 32.6 Å². The highest BCUT2D eigenvalue weighted by molar-refractivity contribution is 7.90. The Bertz CT molecular complexity index is 832. The normalized spacial score (nSPS) is 19.3. The number of methoxy groups -OCH3 is 1. The summed E-state index contributed by atoms with van der Waals surface area (Å²) in [6.45, 7) is 2.94. The smallest absolute Gasteiger partial charge is 0.264 e. The van der Waals surface area contributed by atoms with Crippen LogP contribution in [-0.4, -0.2) is 45.8 Å². The topological polar surface area (TPSA) is 83.4 Å². The Labute approximate surface area is 159 Å². The molecule has 9 heteroatoms. The molecule has 7 nitrogen and oxygen atoms in total. The van der Waals surface area contributed by atoms with Crippen molar-refractivity contribution < 1.29 is 13.2 Å². The van der Waals surface area contributed by atoms with Gasteiger partial charge in [0.15, 0.2) is 0 Å². The highest BCUT2D eigenvalue weighted by atomic mass is 35.5. The van der Waals surface area contributed by atoms with Crippen molar-refractivity contribution in [3.8, 4) is 5.75 Å². The molecule has 0 aromatic heterocycles. The largest absolute Gasteiger partial charge is 0.497 e. The third kappa shape index (κ3) is 3.96. The lowest BCUT2D eigenvalue weighted by Gasteiger charge is -2.24. The molecular formula is C17H23ClN4O3S. The first-order valence-electron chi connectivity index (χ1n) is 8.62. The van der Waals surface area contributed by atoms with Crippen molar-refractivity contribution in [1.29, 1.82) is 0 Å². The van der Waals surface area contributed by atoms with E-state index in [4.69, 9.17) is 16.3 Å². The Morgan fingerprint density at radius 1 is 1.38 bits per heavy atom. The minimum atomic E-state index is -3.87. The number of hydrogen-bond donors (Lipinski definition) is 1. The molecule has 0 saturated heterocycles. The number of aliphatic imine (C=N–C) groups is 1. The monoisotopic (exact) mass is 398 g/mol. The Morgan fingerprint density at radius 3 is 2.77 bits per heavy atom. The van der Waals surface area contributed by atoms with E-state index in [0.29, 0.717) is 18.8 Å². The van der Waals surface area contributed by atoms with E-state index in [1.165, 1.54) is 32.1 Å². The van der Waals surface area contributed by atoms with Crippen molar-refractivity contribution >= 4 is 33.8 Å². The molecule has 0 radical (unpaired) electrons. The minimum Gasteiger partial charge on any atom is -0.497 e. The molecule has 1 aliphatic heterocycles. The molecule has 0 unspecified atom stereocenters. The zero-order chi connectivity index (χ0) is 18.8. The second kappa shape index (κ2) is 7.44. The van der Waals surface area contributed by atoms with Crippen LogP contribution in [0.2, 0.25) is 5.02 Å². The summed E-state index contributed by atoms with van der Waals surface area (Å²) in [4.78, 5) is 4.33. The fourth-order valence-corrected chi connectivity index (χ4v) is 4.74. The molecule has 2 aliphatic rings. The fourth-order valence-electron chi connectivity index (χ4n) is 3.37. The summed E-state index contributed by atoms with van der Waals surface area (Å²) < 4.78 is 33.3. The molecule has 0 amide bonds. The maximum atomic E-state index is 12.8. The van der Waals surface area contributed by atoms with Gasteiger partial charge < -0.3 is 4.74 Å². The first-order chi connectivity index (χ1) is 12.4.